The van der Waals surface area contributed by atoms with Crippen LogP contribution in [0.15, 0.2) is 48.5 Å². The number of rotatable bonds is 5. The third-order valence-corrected chi connectivity index (χ3v) is 4.69. The topological polar surface area (TPSA) is 59.4 Å². The molecule has 1 aliphatic heterocycles. The van der Waals surface area contributed by atoms with Crippen LogP contribution < -0.4 is 10.2 Å². The molecule has 0 radical (unpaired) electrons. The van der Waals surface area contributed by atoms with Crippen LogP contribution >= 0.6 is 0 Å². The van der Waals surface area contributed by atoms with Crippen molar-refractivity contribution in [3.63, 3.8) is 0 Å². The largest absolute Gasteiger partial charge is 0.369 e. The second-order valence-electron chi connectivity index (χ2n) is 6.66. The molecule has 1 N–H and O–H groups in total. The molecule has 0 spiro atoms. The van der Waals surface area contributed by atoms with Gasteiger partial charge in [0.15, 0.2) is 0 Å². The number of nitrogens with one attached hydrogen (secondary N) is 1. The van der Waals surface area contributed by atoms with Crippen molar-refractivity contribution in [2.45, 2.75) is 13.3 Å². The van der Waals surface area contributed by atoms with Crippen LogP contribution in [-0.2, 0) is 4.79 Å². The first-order chi connectivity index (χ1) is 12.6. The number of nitriles is 1. The summed E-state index contributed by atoms with van der Waals surface area (Å²) in [6.45, 7) is 6.80. The normalized spacial score (nSPS) is 14.7. The molecule has 5 nitrogen and oxygen atoms in total. The van der Waals surface area contributed by atoms with Crippen molar-refractivity contribution in [2.24, 2.45) is 0 Å². The molecule has 134 valence electrons. The van der Waals surface area contributed by atoms with E-state index in [2.05, 4.69) is 52.4 Å². The van der Waals surface area contributed by atoms with Crippen LogP contribution in [0.1, 0.15) is 17.5 Å². The van der Waals surface area contributed by atoms with E-state index in [0.717, 1.165) is 38.4 Å². The van der Waals surface area contributed by atoms with Gasteiger partial charge in [0, 0.05) is 50.5 Å². The number of piperazine rings is 1. The first-order valence-corrected chi connectivity index (χ1v) is 8.98. The predicted octanol–water partition coefficient (Wildman–Crippen LogP) is 3.02. The van der Waals surface area contributed by atoms with Gasteiger partial charge in [-0.05, 0) is 48.9 Å². The fraction of sp³-hybridized carbons (Fsp3) is 0.333. The Morgan fingerprint density at radius 2 is 1.85 bits per heavy atom. The third-order valence-electron chi connectivity index (χ3n) is 4.69. The molecule has 0 aliphatic carbocycles. The Morgan fingerprint density at radius 1 is 1.12 bits per heavy atom. The van der Waals surface area contributed by atoms with E-state index < -0.39 is 0 Å². The minimum atomic E-state index is 0.0100. The maximum atomic E-state index is 12.1. The monoisotopic (exact) mass is 348 g/mol. The van der Waals surface area contributed by atoms with Crippen LogP contribution in [0.4, 0.5) is 11.4 Å². The van der Waals surface area contributed by atoms with Gasteiger partial charge in [-0.1, -0.05) is 12.1 Å². The summed E-state index contributed by atoms with van der Waals surface area (Å²) >= 11 is 0. The van der Waals surface area contributed by atoms with Gasteiger partial charge in [0.2, 0.25) is 5.91 Å². The van der Waals surface area contributed by atoms with E-state index in [1.165, 1.54) is 11.3 Å². The fourth-order valence-electron chi connectivity index (χ4n) is 3.17. The van der Waals surface area contributed by atoms with Gasteiger partial charge < -0.3 is 10.2 Å². The van der Waals surface area contributed by atoms with Crippen LogP contribution in [0.2, 0.25) is 0 Å². The lowest BCUT2D eigenvalue weighted by molar-refractivity contribution is -0.116. The Hall–Kier alpha value is -2.84. The highest BCUT2D eigenvalue weighted by Gasteiger charge is 2.17. The third kappa shape index (κ3) is 4.84. The number of hydrogen-bond acceptors (Lipinski definition) is 4. The van der Waals surface area contributed by atoms with E-state index in [9.17, 15) is 4.79 Å². The lowest BCUT2D eigenvalue weighted by atomic mass is 10.2. The van der Waals surface area contributed by atoms with Gasteiger partial charge in [-0.3, -0.25) is 9.69 Å². The number of benzene rings is 2. The first kappa shape index (κ1) is 18.0. The number of carbonyl (C=O) groups excluding carboxylic acids is 1. The van der Waals surface area contributed by atoms with Gasteiger partial charge in [-0.2, -0.15) is 5.26 Å². The highest BCUT2D eigenvalue weighted by molar-refractivity contribution is 5.90. The SMILES string of the molecule is Cc1cccc(N2CCN(CCC(=O)Nc3ccc(C#N)cc3)CC2)c1. The van der Waals surface area contributed by atoms with Crippen molar-refractivity contribution in [2.75, 3.05) is 42.9 Å². The van der Waals surface area contributed by atoms with Crippen molar-refractivity contribution in [1.29, 1.82) is 5.26 Å². The van der Waals surface area contributed by atoms with Crippen LogP contribution in [0, 0.1) is 18.3 Å². The van der Waals surface area contributed by atoms with Crippen LogP contribution in [0.5, 0.6) is 0 Å². The van der Waals surface area contributed by atoms with Gasteiger partial charge in [0.25, 0.3) is 0 Å². The van der Waals surface area contributed by atoms with Gasteiger partial charge in [0.1, 0.15) is 0 Å². The fourth-order valence-corrected chi connectivity index (χ4v) is 3.17. The smallest absolute Gasteiger partial charge is 0.225 e. The lowest BCUT2D eigenvalue weighted by Crippen LogP contribution is -2.47. The minimum Gasteiger partial charge on any atom is -0.369 e. The molecule has 0 atom stereocenters. The van der Waals surface area contributed by atoms with E-state index in [0.29, 0.717) is 12.0 Å². The summed E-state index contributed by atoms with van der Waals surface area (Å²) < 4.78 is 0. The van der Waals surface area contributed by atoms with Gasteiger partial charge in [-0.15, -0.1) is 0 Å². The molecule has 0 aromatic heterocycles. The maximum absolute atomic E-state index is 12.1. The van der Waals surface area contributed by atoms with Crippen LogP contribution in [-0.4, -0.2) is 43.5 Å². The highest BCUT2D eigenvalue weighted by atomic mass is 16.1. The number of anilines is 2. The average molecular weight is 348 g/mol. The Kier molecular flexibility index (Phi) is 5.88. The second kappa shape index (κ2) is 8.50. The van der Waals surface area contributed by atoms with Gasteiger partial charge >= 0.3 is 0 Å². The van der Waals surface area contributed by atoms with E-state index in [-0.39, 0.29) is 5.91 Å². The Bertz CT molecular complexity index is 786. The number of hydrogen-bond donors (Lipinski definition) is 1. The molecule has 1 saturated heterocycles. The summed E-state index contributed by atoms with van der Waals surface area (Å²) in [7, 11) is 0. The summed E-state index contributed by atoms with van der Waals surface area (Å²) in [4.78, 5) is 16.9. The molecule has 5 heteroatoms. The van der Waals surface area contributed by atoms with Crippen molar-refractivity contribution in [3.05, 3.63) is 59.7 Å². The van der Waals surface area contributed by atoms with Crippen molar-refractivity contribution >= 4 is 17.3 Å². The van der Waals surface area contributed by atoms with E-state index in [1.54, 1.807) is 24.3 Å². The van der Waals surface area contributed by atoms with Crippen LogP contribution in [0.25, 0.3) is 0 Å². The highest BCUT2D eigenvalue weighted by Crippen LogP contribution is 2.18. The summed E-state index contributed by atoms with van der Waals surface area (Å²) in [5, 5.41) is 11.7. The Morgan fingerprint density at radius 3 is 2.50 bits per heavy atom. The summed E-state index contributed by atoms with van der Waals surface area (Å²) in [6, 6.07) is 17.6. The molecule has 1 fully saturated rings. The summed E-state index contributed by atoms with van der Waals surface area (Å²) in [5.74, 6) is 0.0100. The zero-order valence-corrected chi connectivity index (χ0v) is 15.1. The molecule has 26 heavy (non-hydrogen) atoms. The summed E-state index contributed by atoms with van der Waals surface area (Å²) in [5.41, 5.74) is 3.89. The number of carbonyl (C=O) groups is 1. The molecular weight excluding hydrogens is 324 g/mol. The molecule has 0 saturated carbocycles. The molecule has 2 aromatic rings. The lowest BCUT2D eigenvalue weighted by Gasteiger charge is -2.36. The number of aryl methyl sites for hydroxylation is 1. The van der Waals surface area contributed by atoms with E-state index in [1.807, 2.05) is 0 Å². The minimum absolute atomic E-state index is 0.0100. The van der Waals surface area contributed by atoms with Crippen molar-refractivity contribution in [1.82, 2.24) is 4.90 Å². The quantitative estimate of drug-likeness (QED) is 0.902. The maximum Gasteiger partial charge on any atom is 0.225 e. The Labute approximate surface area is 154 Å². The number of nitrogens with zero attached hydrogens (tertiary/aromatic N) is 3. The average Bonchev–Trinajstić information content (AvgIpc) is 2.67. The van der Waals surface area contributed by atoms with Crippen LogP contribution in [0.3, 0.4) is 0 Å². The van der Waals surface area contributed by atoms with Crippen molar-refractivity contribution in [3.8, 4) is 6.07 Å². The molecule has 3 rings (SSSR count). The standard InChI is InChI=1S/C21H24N4O/c1-17-3-2-4-20(15-17)25-13-11-24(12-14-25)10-9-21(26)23-19-7-5-18(16-22)6-8-19/h2-8,15H,9-14H2,1H3,(H,23,26). The Balaban J connectivity index is 1.41. The summed E-state index contributed by atoms with van der Waals surface area (Å²) in [6.07, 6.45) is 0.477. The molecule has 1 amide bonds. The molecule has 0 bridgehead atoms. The molecule has 0 unspecified atom stereocenters. The van der Waals surface area contributed by atoms with Gasteiger partial charge in [-0.25, -0.2) is 0 Å². The molecule has 1 heterocycles. The zero-order chi connectivity index (χ0) is 18.4. The molecule has 1 aliphatic rings. The van der Waals surface area contributed by atoms with Crippen molar-refractivity contribution < 1.29 is 4.79 Å². The molecular formula is C21H24N4O. The second-order valence-corrected chi connectivity index (χ2v) is 6.66. The van der Waals surface area contributed by atoms with E-state index in [4.69, 9.17) is 5.26 Å². The first-order valence-electron chi connectivity index (χ1n) is 8.98. The van der Waals surface area contributed by atoms with Gasteiger partial charge in [0.05, 0.1) is 11.6 Å². The molecule has 2 aromatic carbocycles. The predicted molar refractivity (Wildman–Crippen MR) is 104 cm³/mol. The van der Waals surface area contributed by atoms with E-state index >= 15 is 0 Å². The number of amides is 1. The zero-order valence-electron chi connectivity index (χ0n) is 15.1.